The summed E-state index contributed by atoms with van der Waals surface area (Å²) < 4.78 is 1.44. The third-order valence-corrected chi connectivity index (χ3v) is 3.82. The third-order valence-electron chi connectivity index (χ3n) is 3.82. The van der Waals surface area contributed by atoms with Gasteiger partial charge in [-0.25, -0.2) is 0 Å². The molecule has 7 heteroatoms. The van der Waals surface area contributed by atoms with Crippen molar-refractivity contribution >= 4 is 11.6 Å². The van der Waals surface area contributed by atoms with Crippen LogP contribution < -0.4 is 0 Å². The Labute approximate surface area is 117 Å². The van der Waals surface area contributed by atoms with E-state index >= 15 is 0 Å². The quantitative estimate of drug-likeness (QED) is 0.623. The Morgan fingerprint density at radius 1 is 1.50 bits per heavy atom. The molecule has 20 heavy (non-hydrogen) atoms. The van der Waals surface area contributed by atoms with Gasteiger partial charge in [0.15, 0.2) is 0 Å². The highest BCUT2D eigenvalue weighted by Crippen LogP contribution is 2.22. The Morgan fingerprint density at radius 3 is 2.75 bits per heavy atom. The van der Waals surface area contributed by atoms with Crippen LogP contribution in [0.4, 0.5) is 5.69 Å². The Bertz CT molecular complexity index is 538. The highest BCUT2D eigenvalue weighted by molar-refractivity contribution is 5.76. The molecule has 1 aromatic rings. The lowest BCUT2D eigenvalue weighted by molar-refractivity contribution is -0.386. The molecule has 1 amide bonds. The van der Waals surface area contributed by atoms with E-state index < -0.39 is 4.92 Å². The molecule has 1 saturated heterocycles. The molecule has 0 spiro atoms. The van der Waals surface area contributed by atoms with Crippen molar-refractivity contribution < 1.29 is 9.72 Å². The second-order valence-electron chi connectivity index (χ2n) is 5.52. The molecule has 1 aliphatic heterocycles. The molecular weight excluding hydrogens is 260 g/mol. The first-order chi connectivity index (χ1) is 9.40. The fraction of sp³-hybridized carbons (Fsp3) is 0.692. The summed E-state index contributed by atoms with van der Waals surface area (Å²) in [6.07, 6.45) is 2.17. The van der Waals surface area contributed by atoms with Gasteiger partial charge in [0.25, 0.3) is 0 Å². The van der Waals surface area contributed by atoms with Gasteiger partial charge in [0.2, 0.25) is 5.91 Å². The van der Waals surface area contributed by atoms with E-state index in [-0.39, 0.29) is 18.1 Å². The average molecular weight is 280 g/mol. The Morgan fingerprint density at radius 2 is 2.20 bits per heavy atom. The Balaban J connectivity index is 2.12. The van der Waals surface area contributed by atoms with Crippen LogP contribution in [0, 0.1) is 29.9 Å². The zero-order valence-electron chi connectivity index (χ0n) is 12.1. The molecule has 1 aromatic heterocycles. The van der Waals surface area contributed by atoms with Gasteiger partial charge in [0.05, 0.1) is 4.92 Å². The number of rotatable bonds is 3. The third kappa shape index (κ3) is 2.81. The van der Waals surface area contributed by atoms with Gasteiger partial charge in [-0.15, -0.1) is 0 Å². The highest BCUT2D eigenvalue weighted by atomic mass is 16.6. The van der Waals surface area contributed by atoms with E-state index in [2.05, 4.69) is 12.0 Å². The number of piperidine rings is 1. The van der Waals surface area contributed by atoms with E-state index in [1.807, 2.05) is 4.90 Å². The molecule has 0 radical (unpaired) electrons. The Hall–Kier alpha value is -1.92. The molecule has 1 aliphatic rings. The van der Waals surface area contributed by atoms with Crippen molar-refractivity contribution in [1.29, 1.82) is 0 Å². The van der Waals surface area contributed by atoms with Crippen molar-refractivity contribution in [3.05, 3.63) is 21.5 Å². The van der Waals surface area contributed by atoms with Crippen LogP contribution in [0.15, 0.2) is 0 Å². The summed E-state index contributed by atoms with van der Waals surface area (Å²) in [5.74, 6) is 0.500. The zero-order valence-corrected chi connectivity index (χ0v) is 12.1. The first kappa shape index (κ1) is 14.5. The SMILES string of the molecule is Cc1nn(CC(=O)N2CCC[C@@H](C)C2)c(C)c1[N+](=O)[O-]. The average Bonchev–Trinajstić information content (AvgIpc) is 2.64. The molecule has 0 aliphatic carbocycles. The molecule has 0 N–H and O–H groups in total. The maximum atomic E-state index is 12.3. The fourth-order valence-corrected chi connectivity index (χ4v) is 2.75. The molecule has 0 unspecified atom stereocenters. The molecule has 0 saturated carbocycles. The monoisotopic (exact) mass is 280 g/mol. The largest absolute Gasteiger partial charge is 0.341 e. The molecule has 7 nitrogen and oxygen atoms in total. The van der Waals surface area contributed by atoms with Gasteiger partial charge in [-0.1, -0.05) is 6.92 Å². The molecule has 0 bridgehead atoms. The molecule has 1 atom stereocenters. The lowest BCUT2D eigenvalue weighted by atomic mass is 10.0. The standard InChI is InChI=1S/C13H20N4O3/c1-9-5-4-6-15(7-9)12(18)8-16-11(3)13(17(19)20)10(2)14-16/h9H,4-8H2,1-3H3/t9-/m1/s1. The smallest absolute Gasteiger partial charge is 0.312 e. The van der Waals surface area contributed by atoms with Crippen molar-refractivity contribution in [1.82, 2.24) is 14.7 Å². The summed E-state index contributed by atoms with van der Waals surface area (Å²) in [5.41, 5.74) is 0.794. The Kier molecular flexibility index (Phi) is 4.06. The summed E-state index contributed by atoms with van der Waals surface area (Å²) in [6.45, 7) is 6.96. The van der Waals surface area contributed by atoms with Crippen molar-refractivity contribution in [3.63, 3.8) is 0 Å². The molecule has 2 rings (SSSR count). The normalized spacial score (nSPS) is 19.1. The van der Waals surface area contributed by atoms with E-state index in [9.17, 15) is 14.9 Å². The number of hydrogen-bond donors (Lipinski definition) is 0. The van der Waals surface area contributed by atoms with Crippen molar-refractivity contribution in [2.24, 2.45) is 5.92 Å². The van der Waals surface area contributed by atoms with Gasteiger partial charge >= 0.3 is 5.69 Å². The van der Waals surface area contributed by atoms with Crippen LogP contribution in [-0.4, -0.2) is 38.6 Å². The zero-order chi connectivity index (χ0) is 14.9. The molecule has 1 fully saturated rings. The number of nitro groups is 1. The van der Waals surface area contributed by atoms with E-state index in [1.54, 1.807) is 13.8 Å². The maximum Gasteiger partial charge on any atom is 0.312 e. The summed E-state index contributed by atoms with van der Waals surface area (Å²) in [5, 5.41) is 15.1. The molecule has 110 valence electrons. The van der Waals surface area contributed by atoms with Gasteiger partial charge in [0.1, 0.15) is 17.9 Å². The van der Waals surface area contributed by atoms with Gasteiger partial charge in [-0.05, 0) is 32.6 Å². The maximum absolute atomic E-state index is 12.3. The van der Waals surface area contributed by atoms with Crippen molar-refractivity contribution in [2.45, 2.75) is 40.2 Å². The fourth-order valence-electron chi connectivity index (χ4n) is 2.75. The van der Waals surface area contributed by atoms with Gasteiger partial charge in [0, 0.05) is 13.1 Å². The molecule has 0 aromatic carbocycles. The predicted octanol–water partition coefficient (Wildman–Crippen LogP) is 1.67. The lowest BCUT2D eigenvalue weighted by Gasteiger charge is -2.31. The number of aromatic nitrogens is 2. The van der Waals surface area contributed by atoms with Gasteiger partial charge in [-0.2, -0.15) is 5.10 Å². The second kappa shape index (κ2) is 5.60. The summed E-state index contributed by atoms with van der Waals surface area (Å²) in [4.78, 5) is 24.6. The first-order valence-electron chi connectivity index (χ1n) is 6.86. The minimum absolute atomic E-state index is 0.00446. The van der Waals surface area contributed by atoms with Gasteiger partial charge in [-0.3, -0.25) is 19.6 Å². The van der Waals surface area contributed by atoms with Crippen LogP contribution in [0.1, 0.15) is 31.2 Å². The van der Waals surface area contributed by atoms with E-state index in [1.165, 1.54) is 4.68 Å². The van der Waals surface area contributed by atoms with E-state index in [0.29, 0.717) is 17.3 Å². The van der Waals surface area contributed by atoms with Crippen LogP contribution in [0.2, 0.25) is 0 Å². The summed E-state index contributed by atoms with van der Waals surface area (Å²) in [7, 11) is 0. The summed E-state index contributed by atoms with van der Waals surface area (Å²) in [6, 6.07) is 0. The summed E-state index contributed by atoms with van der Waals surface area (Å²) >= 11 is 0. The number of amides is 1. The number of carbonyl (C=O) groups excluding carboxylic acids is 1. The van der Waals surface area contributed by atoms with Crippen molar-refractivity contribution in [3.8, 4) is 0 Å². The van der Waals surface area contributed by atoms with Crippen LogP contribution in [0.3, 0.4) is 0 Å². The van der Waals surface area contributed by atoms with Crippen LogP contribution in [-0.2, 0) is 11.3 Å². The van der Waals surface area contributed by atoms with Crippen LogP contribution in [0.25, 0.3) is 0 Å². The number of nitrogens with zero attached hydrogens (tertiary/aromatic N) is 4. The number of carbonyl (C=O) groups is 1. The van der Waals surface area contributed by atoms with Crippen molar-refractivity contribution in [2.75, 3.05) is 13.1 Å². The van der Waals surface area contributed by atoms with Crippen LogP contribution >= 0.6 is 0 Å². The van der Waals surface area contributed by atoms with E-state index in [4.69, 9.17) is 0 Å². The highest BCUT2D eigenvalue weighted by Gasteiger charge is 2.25. The minimum atomic E-state index is -0.443. The van der Waals surface area contributed by atoms with Crippen LogP contribution in [0.5, 0.6) is 0 Å². The molecule has 2 heterocycles. The predicted molar refractivity (Wildman–Crippen MR) is 73.3 cm³/mol. The number of aryl methyl sites for hydroxylation is 1. The number of hydrogen-bond acceptors (Lipinski definition) is 4. The number of likely N-dealkylation sites (tertiary alicyclic amines) is 1. The first-order valence-corrected chi connectivity index (χ1v) is 6.86. The van der Waals surface area contributed by atoms with Gasteiger partial charge < -0.3 is 4.90 Å². The topological polar surface area (TPSA) is 81.3 Å². The molecular formula is C13H20N4O3. The minimum Gasteiger partial charge on any atom is -0.341 e. The lowest BCUT2D eigenvalue weighted by Crippen LogP contribution is -2.41. The second-order valence-corrected chi connectivity index (χ2v) is 5.52. The van der Waals surface area contributed by atoms with E-state index in [0.717, 1.165) is 25.9 Å².